The average Bonchev–Trinajstić information content (AvgIpc) is 3.17. The van der Waals surface area contributed by atoms with E-state index in [4.69, 9.17) is 5.26 Å². The number of hydrogen-bond donors (Lipinski definition) is 1. The highest BCUT2D eigenvalue weighted by molar-refractivity contribution is 7.81. The van der Waals surface area contributed by atoms with Gasteiger partial charge in [0, 0.05) is 35.2 Å². The van der Waals surface area contributed by atoms with Crippen molar-refractivity contribution in [2.45, 2.75) is 12.8 Å². The van der Waals surface area contributed by atoms with E-state index in [0.717, 1.165) is 34.6 Å². The van der Waals surface area contributed by atoms with Gasteiger partial charge in [0.1, 0.15) is 0 Å². The van der Waals surface area contributed by atoms with Gasteiger partial charge >= 0.3 is 0 Å². The first-order chi connectivity index (χ1) is 16.5. The van der Waals surface area contributed by atoms with E-state index in [2.05, 4.69) is 21.7 Å². The summed E-state index contributed by atoms with van der Waals surface area (Å²) in [6.45, 7) is 0. The maximum absolute atomic E-state index is 12.3. The number of aromatic nitrogens is 2. The van der Waals surface area contributed by atoms with Crippen molar-refractivity contribution in [3.63, 3.8) is 0 Å². The molecule has 0 bridgehead atoms. The molecule has 7 heteroatoms. The van der Waals surface area contributed by atoms with Gasteiger partial charge in [0.15, 0.2) is 0 Å². The SMILES string of the molecule is Cn1c(CCc2ccc(C#N)cc2)cc2cc(N(c3ccc4ncccc4c3)S(=O)O)ccc21. The maximum Gasteiger partial charge on any atom is 0.266 e. The number of benzene rings is 3. The molecule has 5 aromatic rings. The summed E-state index contributed by atoms with van der Waals surface area (Å²) >= 11 is -2.24. The van der Waals surface area contributed by atoms with Crippen LogP contribution in [0, 0.1) is 11.3 Å². The number of nitriles is 1. The minimum absolute atomic E-state index is 0.623. The summed E-state index contributed by atoms with van der Waals surface area (Å²) in [4.78, 5) is 4.33. The van der Waals surface area contributed by atoms with Gasteiger partial charge in [0.2, 0.25) is 0 Å². The molecule has 0 spiro atoms. The zero-order valence-corrected chi connectivity index (χ0v) is 19.4. The second-order valence-electron chi connectivity index (χ2n) is 8.15. The summed E-state index contributed by atoms with van der Waals surface area (Å²) in [5.41, 5.74) is 6.17. The van der Waals surface area contributed by atoms with Gasteiger partial charge in [-0.2, -0.15) is 5.26 Å². The molecule has 0 aliphatic heterocycles. The Morgan fingerprint density at radius 2 is 1.71 bits per heavy atom. The smallest absolute Gasteiger partial charge is 0.266 e. The summed E-state index contributed by atoms with van der Waals surface area (Å²) in [7, 11) is 2.04. The van der Waals surface area contributed by atoms with Gasteiger partial charge < -0.3 is 4.57 Å². The fourth-order valence-corrected chi connectivity index (χ4v) is 4.89. The predicted molar refractivity (Wildman–Crippen MR) is 136 cm³/mol. The highest BCUT2D eigenvalue weighted by Gasteiger charge is 2.17. The van der Waals surface area contributed by atoms with E-state index in [1.54, 1.807) is 6.20 Å². The van der Waals surface area contributed by atoms with Crippen LogP contribution in [-0.4, -0.2) is 18.3 Å². The first-order valence-electron chi connectivity index (χ1n) is 10.9. The second-order valence-corrected chi connectivity index (χ2v) is 8.98. The van der Waals surface area contributed by atoms with Gasteiger partial charge in [-0.25, -0.2) is 8.51 Å². The number of rotatable bonds is 6. The van der Waals surface area contributed by atoms with Crippen molar-refractivity contribution in [3.05, 3.63) is 102 Å². The molecule has 0 fully saturated rings. The molecule has 0 aliphatic rings. The molecule has 2 heterocycles. The van der Waals surface area contributed by atoms with Crippen LogP contribution in [0.15, 0.2) is 85.1 Å². The van der Waals surface area contributed by atoms with Crippen LogP contribution < -0.4 is 4.31 Å². The van der Waals surface area contributed by atoms with Crippen LogP contribution in [-0.2, 0) is 31.2 Å². The quantitative estimate of drug-likeness (QED) is 0.328. The van der Waals surface area contributed by atoms with Crippen molar-refractivity contribution < 1.29 is 8.76 Å². The van der Waals surface area contributed by atoms with Crippen LogP contribution in [0.3, 0.4) is 0 Å². The summed E-state index contributed by atoms with van der Waals surface area (Å²) in [6, 6.07) is 27.1. The number of aryl methyl sites for hydroxylation is 3. The molecule has 0 saturated heterocycles. The van der Waals surface area contributed by atoms with Crippen LogP contribution in [0.1, 0.15) is 16.8 Å². The lowest BCUT2D eigenvalue weighted by molar-refractivity contribution is 0.564. The summed E-state index contributed by atoms with van der Waals surface area (Å²) in [5.74, 6) is 0. The van der Waals surface area contributed by atoms with E-state index >= 15 is 0 Å². The van der Waals surface area contributed by atoms with Crippen LogP contribution in [0.4, 0.5) is 11.4 Å². The van der Waals surface area contributed by atoms with Gasteiger partial charge in [-0.05, 0) is 79.1 Å². The minimum Gasteiger partial charge on any atom is -0.348 e. The molecule has 6 nitrogen and oxygen atoms in total. The molecule has 5 rings (SSSR count). The first kappa shape index (κ1) is 21.8. The number of anilines is 2. The molecule has 34 heavy (non-hydrogen) atoms. The lowest BCUT2D eigenvalue weighted by Crippen LogP contribution is -2.19. The van der Waals surface area contributed by atoms with E-state index in [1.807, 2.05) is 79.8 Å². The Bertz CT molecular complexity index is 1570. The zero-order valence-electron chi connectivity index (χ0n) is 18.5. The molecule has 0 amide bonds. The van der Waals surface area contributed by atoms with Crippen molar-refractivity contribution >= 4 is 44.4 Å². The highest BCUT2D eigenvalue weighted by Crippen LogP contribution is 2.32. The largest absolute Gasteiger partial charge is 0.348 e. The summed E-state index contributed by atoms with van der Waals surface area (Å²) in [6.07, 6.45) is 3.44. The second kappa shape index (κ2) is 9.10. The van der Waals surface area contributed by atoms with Crippen molar-refractivity contribution in [1.82, 2.24) is 9.55 Å². The lowest BCUT2D eigenvalue weighted by Gasteiger charge is -2.20. The maximum atomic E-state index is 12.3. The number of fused-ring (bicyclic) bond motifs is 2. The topological polar surface area (TPSA) is 82.2 Å². The van der Waals surface area contributed by atoms with Crippen molar-refractivity contribution in [2.24, 2.45) is 7.05 Å². The minimum atomic E-state index is -2.24. The van der Waals surface area contributed by atoms with Gasteiger partial charge in [-0.3, -0.25) is 9.54 Å². The zero-order chi connectivity index (χ0) is 23.7. The van der Waals surface area contributed by atoms with Crippen LogP contribution >= 0.6 is 0 Å². The fourth-order valence-electron chi connectivity index (χ4n) is 4.30. The third-order valence-corrected chi connectivity index (χ3v) is 6.82. The van der Waals surface area contributed by atoms with Crippen LogP contribution in [0.25, 0.3) is 21.8 Å². The normalized spacial score (nSPS) is 12.0. The Morgan fingerprint density at radius 3 is 2.44 bits per heavy atom. The van der Waals surface area contributed by atoms with E-state index in [0.29, 0.717) is 16.9 Å². The Hall–Kier alpha value is -3.99. The molecule has 0 radical (unpaired) electrons. The van der Waals surface area contributed by atoms with Gasteiger partial charge in [-0.15, -0.1) is 0 Å². The van der Waals surface area contributed by atoms with Crippen molar-refractivity contribution in [3.8, 4) is 6.07 Å². The molecule has 1 atom stereocenters. The molecule has 3 aromatic carbocycles. The monoisotopic (exact) mass is 466 g/mol. The average molecular weight is 467 g/mol. The Labute approximate surface area is 200 Å². The third kappa shape index (κ3) is 4.17. The van der Waals surface area contributed by atoms with Crippen molar-refractivity contribution in [2.75, 3.05) is 4.31 Å². The molecular formula is C27H22N4O2S. The molecular weight excluding hydrogens is 444 g/mol. The standard InChI is InChI=1S/C27H22N4O2S/c1-30-23(9-8-19-4-6-20(18-28)7-5-19)16-22-17-25(11-13-27(22)30)31(34(32)33)24-10-12-26-21(15-24)3-2-14-29-26/h2-7,10-17H,8-9H2,1H3,(H,32,33). The van der Waals surface area contributed by atoms with Gasteiger partial charge in [-0.1, -0.05) is 18.2 Å². The third-order valence-electron chi connectivity index (χ3n) is 6.09. The molecule has 2 aromatic heterocycles. The molecule has 1 unspecified atom stereocenters. The Kier molecular flexibility index (Phi) is 5.84. The number of pyridine rings is 1. The Morgan fingerprint density at radius 1 is 0.971 bits per heavy atom. The Balaban J connectivity index is 1.46. The van der Waals surface area contributed by atoms with Crippen LogP contribution in [0.5, 0.6) is 0 Å². The summed E-state index contributed by atoms with van der Waals surface area (Å²) < 4.78 is 26.0. The van der Waals surface area contributed by atoms with Gasteiger partial charge in [0.25, 0.3) is 11.3 Å². The molecule has 0 aliphatic carbocycles. The van der Waals surface area contributed by atoms with E-state index in [1.165, 1.54) is 15.6 Å². The van der Waals surface area contributed by atoms with E-state index < -0.39 is 11.3 Å². The van der Waals surface area contributed by atoms with E-state index in [9.17, 15) is 8.76 Å². The molecule has 1 N–H and O–H groups in total. The van der Waals surface area contributed by atoms with E-state index in [-0.39, 0.29) is 0 Å². The highest BCUT2D eigenvalue weighted by atomic mass is 32.2. The van der Waals surface area contributed by atoms with Crippen LogP contribution in [0.2, 0.25) is 0 Å². The van der Waals surface area contributed by atoms with Crippen molar-refractivity contribution in [1.29, 1.82) is 5.26 Å². The molecule has 0 saturated carbocycles. The first-order valence-corrected chi connectivity index (χ1v) is 11.9. The number of nitrogens with zero attached hydrogens (tertiary/aromatic N) is 4. The van der Waals surface area contributed by atoms with Gasteiger partial charge in [0.05, 0.1) is 28.5 Å². The number of hydrogen-bond acceptors (Lipinski definition) is 3. The predicted octanol–water partition coefficient (Wildman–Crippen LogP) is 5.66. The fraction of sp³-hybridized carbons (Fsp3) is 0.111. The summed E-state index contributed by atoms with van der Waals surface area (Å²) in [5, 5.41) is 10.9. The lowest BCUT2D eigenvalue weighted by atomic mass is 10.1. The molecule has 168 valence electrons.